The summed E-state index contributed by atoms with van der Waals surface area (Å²) in [4.78, 5) is 4.16. The molecule has 0 aliphatic heterocycles. The third-order valence-electron chi connectivity index (χ3n) is 3.30. The Morgan fingerprint density at radius 1 is 1.22 bits per heavy atom. The van der Waals surface area contributed by atoms with Crippen molar-refractivity contribution in [1.82, 2.24) is 10.3 Å². The van der Waals surface area contributed by atoms with Crippen LogP contribution in [0, 0.1) is 6.92 Å². The van der Waals surface area contributed by atoms with Gasteiger partial charge in [0.2, 0.25) is 5.89 Å². The number of aromatic nitrogens is 1. The monoisotopic (exact) mass is 242 g/mol. The second-order valence-corrected chi connectivity index (χ2v) is 4.98. The number of oxazole rings is 1. The SMILES string of the molecule is Cc1cnc(CNCc2ccc(C3CC3)cc2)o1. The van der Waals surface area contributed by atoms with Crippen LogP contribution in [-0.2, 0) is 13.1 Å². The third-order valence-corrected chi connectivity index (χ3v) is 3.30. The van der Waals surface area contributed by atoms with Crippen LogP contribution >= 0.6 is 0 Å². The lowest BCUT2D eigenvalue weighted by molar-refractivity contribution is 0.449. The molecule has 1 aliphatic rings. The summed E-state index contributed by atoms with van der Waals surface area (Å²) in [6, 6.07) is 8.93. The van der Waals surface area contributed by atoms with E-state index < -0.39 is 0 Å². The topological polar surface area (TPSA) is 38.1 Å². The molecular weight excluding hydrogens is 224 g/mol. The van der Waals surface area contributed by atoms with Crippen LogP contribution in [0.15, 0.2) is 34.9 Å². The summed E-state index contributed by atoms with van der Waals surface area (Å²) in [6.07, 6.45) is 4.48. The molecule has 94 valence electrons. The first-order valence-electron chi connectivity index (χ1n) is 6.52. The summed E-state index contributed by atoms with van der Waals surface area (Å²) in [5.41, 5.74) is 2.80. The standard InChI is InChI=1S/C15H18N2O/c1-11-8-17-15(18-11)10-16-9-12-2-4-13(5-3-12)14-6-7-14/h2-5,8,14,16H,6-7,9-10H2,1H3. The fraction of sp³-hybridized carbons (Fsp3) is 0.400. The van der Waals surface area contributed by atoms with Crippen molar-refractivity contribution in [2.45, 2.75) is 38.8 Å². The van der Waals surface area contributed by atoms with Crippen LogP contribution in [0.5, 0.6) is 0 Å². The summed E-state index contributed by atoms with van der Waals surface area (Å²) in [5, 5.41) is 3.34. The van der Waals surface area contributed by atoms with E-state index in [9.17, 15) is 0 Å². The molecule has 18 heavy (non-hydrogen) atoms. The van der Waals surface area contributed by atoms with Gasteiger partial charge in [0.05, 0.1) is 12.7 Å². The molecule has 3 nitrogen and oxygen atoms in total. The Morgan fingerprint density at radius 3 is 2.61 bits per heavy atom. The summed E-state index contributed by atoms with van der Waals surface area (Å²) < 4.78 is 5.41. The molecule has 1 saturated carbocycles. The molecule has 1 aromatic heterocycles. The molecule has 1 aromatic carbocycles. The second-order valence-electron chi connectivity index (χ2n) is 4.98. The van der Waals surface area contributed by atoms with E-state index in [0.29, 0.717) is 6.54 Å². The Kier molecular flexibility index (Phi) is 3.15. The fourth-order valence-corrected chi connectivity index (χ4v) is 2.12. The molecule has 0 amide bonds. The number of rotatable bonds is 5. The van der Waals surface area contributed by atoms with E-state index in [1.165, 1.54) is 24.0 Å². The molecule has 0 spiro atoms. The highest BCUT2D eigenvalue weighted by Crippen LogP contribution is 2.39. The predicted octanol–water partition coefficient (Wildman–Crippen LogP) is 3.15. The smallest absolute Gasteiger partial charge is 0.208 e. The molecule has 0 atom stereocenters. The third kappa shape index (κ3) is 2.79. The van der Waals surface area contributed by atoms with Crippen molar-refractivity contribution in [2.75, 3.05) is 0 Å². The highest BCUT2D eigenvalue weighted by molar-refractivity contribution is 5.27. The minimum absolute atomic E-state index is 0.679. The Labute approximate surface area is 107 Å². The summed E-state index contributed by atoms with van der Waals surface area (Å²) >= 11 is 0. The van der Waals surface area contributed by atoms with Gasteiger partial charge >= 0.3 is 0 Å². The van der Waals surface area contributed by atoms with Crippen molar-refractivity contribution in [3.63, 3.8) is 0 Å². The highest BCUT2D eigenvalue weighted by atomic mass is 16.4. The molecule has 0 unspecified atom stereocenters. The van der Waals surface area contributed by atoms with E-state index in [4.69, 9.17) is 4.42 Å². The van der Waals surface area contributed by atoms with Crippen molar-refractivity contribution < 1.29 is 4.42 Å². The van der Waals surface area contributed by atoms with Gasteiger partial charge in [-0.3, -0.25) is 0 Å². The minimum atomic E-state index is 0.679. The van der Waals surface area contributed by atoms with Gasteiger partial charge in [-0.2, -0.15) is 0 Å². The zero-order chi connectivity index (χ0) is 12.4. The van der Waals surface area contributed by atoms with Crippen LogP contribution < -0.4 is 5.32 Å². The molecular formula is C15H18N2O. The van der Waals surface area contributed by atoms with Gasteiger partial charge in [-0.15, -0.1) is 0 Å². The van der Waals surface area contributed by atoms with Crippen LogP contribution in [-0.4, -0.2) is 4.98 Å². The normalized spacial score (nSPS) is 14.9. The first-order chi connectivity index (χ1) is 8.81. The van der Waals surface area contributed by atoms with E-state index >= 15 is 0 Å². The first-order valence-corrected chi connectivity index (χ1v) is 6.52. The van der Waals surface area contributed by atoms with Crippen LogP contribution in [0.3, 0.4) is 0 Å². The average molecular weight is 242 g/mol. The molecule has 0 bridgehead atoms. The van der Waals surface area contributed by atoms with E-state index in [0.717, 1.165) is 24.1 Å². The van der Waals surface area contributed by atoms with Crippen molar-refractivity contribution >= 4 is 0 Å². The molecule has 1 N–H and O–H groups in total. The van der Waals surface area contributed by atoms with Crippen LogP contribution in [0.4, 0.5) is 0 Å². The molecule has 0 radical (unpaired) electrons. The maximum Gasteiger partial charge on any atom is 0.208 e. The molecule has 3 rings (SSSR count). The van der Waals surface area contributed by atoms with Crippen LogP contribution in [0.1, 0.15) is 41.5 Å². The van der Waals surface area contributed by atoms with E-state index in [-0.39, 0.29) is 0 Å². The lowest BCUT2D eigenvalue weighted by Crippen LogP contribution is -2.12. The number of aryl methyl sites for hydroxylation is 1. The Morgan fingerprint density at radius 2 is 2.00 bits per heavy atom. The van der Waals surface area contributed by atoms with Gasteiger partial charge in [-0.1, -0.05) is 24.3 Å². The number of nitrogens with zero attached hydrogens (tertiary/aromatic N) is 1. The fourth-order valence-electron chi connectivity index (χ4n) is 2.12. The number of nitrogens with one attached hydrogen (secondary N) is 1. The first kappa shape index (κ1) is 11.5. The van der Waals surface area contributed by atoms with Crippen molar-refractivity contribution in [3.8, 4) is 0 Å². The van der Waals surface area contributed by atoms with Crippen LogP contribution in [0.25, 0.3) is 0 Å². The quantitative estimate of drug-likeness (QED) is 0.875. The highest BCUT2D eigenvalue weighted by Gasteiger charge is 2.22. The number of benzene rings is 1. The molecule has 1 heterocycles. The van der Waals surface area contributed by atoms with Gasteiger partial charge in [0.1, 0.15) is 5.76 Å². The zero-order valence-corrected chi connectivity index (χ0v) is 10.6. The summed E-state index contributed by atoms with van der Waals surface area (Å²) in [5.74, 6) is 2.45. The predicted molar refractivity (Wildman–Crippen MR) is 70.2 cm³/mol. The van der Waals surface area contributed by atoms with Gasteiger partial charge in [-0.05, 0) is 36.8 Å². The Bertz CT molecular complexity index is 512. The zero-order valence-electron chi connectivity index (χ0n) is 10.6. The summed E-state index contributed by atoms with van der Waals surface area (Å²) in [6.45, 7) is 3.44. The van der Waals surface area contributed by atoms with Crippen molar-refractivity contribution in [1.29, 1.82) is 0 Å². The largest absolute Gasteiger partial charge is 0.445 e. The van der Waals surface area contributed by atoms with E-state index in [1.807, 2.05) is 6.92 Å². The van der Waals surface area contributed by atoms with Gasteiger partial charge in [0.25, 0.3) is 0 Å². The Hall–Kier alpha value is -1.61. The van der Waals surface area contributed by atoms with E-state index in [2.05, 4.69) is 34.6 Å². The molecule has 2 aromatic rings. The lowest BCUT2D eigenvalue weighted by Gasteiger charge is -2.04. The summed E-state index contributed by atoms with van der Waals surface area (Å²) in [7, 11) is 0. The van der Waals surface area contributed by atoms with Gasteiger partial charge in [0.15, 0.2) is 0 Å². The second kappa shape index (κ2) is 4.94. The molecule has 0 saturated heterocycles. The lowest BCUT2D eigenvalue weighted by atomic mass is 10.1. The molecule has 1 fully saturated rings. The number of hydrogen-bond acceptors (Lipinski definition) is 3. The minimum Gasteiger partial charge on any atom is -0.445 e. The molecule has 1 aliphatic carbocycles. The maximum absolute atomic E-state index is 5.41. The van der Waals surface area contributed by atoms with Crippen molar-refractivity contribution in [2.24, 2.45) is 0 Å². The van der Waals surface area contributed by atoms with Gasteiger partial charge < -0.3 is 9.73 Å². The van der Waals surface area contributed by atoms with Gasteiger partial charge in [0, 0.05) is 6.54 Å². The maximum atomic E-state index is 5.41. The van der Waals surface area contributed by atoms with E-state index in [1.54, 1.807) is 6.20 Å². The van der Waals surface area contributed by atoms with Gasteiger partial charge in [-0.25, -0.2) is 4.98 Å². The molecule has 3 heteroatoms. The number of hydrogen-bond donors (Lipinski definition) is 1. The average Bonchev–Trinajstić information content (AvgIpc) is 3.15. The Balaban J connectivity index is 1.50. The van der Waals surface area contributed by atoms with Crippen molar-refractivity contribution in [3.05, 3.63) is 53.2 Å². The van der Waals surface area contributed by atoms with Crippen LogP contribution in [0.2, 0.25) is 0 Å².